The van der Waals surface area contributed by atoms with Crippen LogP contribution in [0.25, 0.3) is 11.5 Å². The SMILES string of the molecule is Brc1ccccc1-c1nnc(CSc2ccccn2)o1. The highest BCUT2D eigenvalue weighted by Gasteiger charge is 2.11. The summed E-state index contributed by atoms with van der Waals surface area (Å²) in [5, 5.41) is 9.08. The number of pyridine rings is 1. The highest BCUT2D eigenvalue weighted by molar-refractivity contribution is 9.10. The predicted molar refractivity (Wildman–Crippen MR) is 81.2 cm³/mol. The van der Waals surface area contributed by atoms with Gasteiger partial charge in [-0.2, -0.15) is 0 Å². The summed E-state index contributed by atoms with van der Waals surface area (Å²) in [6.45, 7) is 0. The Hall–Kier alpha value is -1.66. The highest BCUT2D eigenvalue weighted by atomic mass is 79.9. The molecule has 2 heterocycles. The Balaban J connectivity index is 1.73. The normalized spacial score (nSPS) is 10.7. The number of halogens is 1. The van der Waals surface area contributed by atoms with E-state index >= 15 is 0 Å². The van der Waals surface area contributed by atoms with Crippen molar-refractivity contribution in [3.8, 4) is 11.5 Å². The molecular weight excluding hydrogens is 338 g/mol. The van der Waals surface area contributed by atoms with Crippen LogP contribution >= 0.6 is 27.7 Å². The second kappa shape index (κ2) is 6.19. The molecular formula is C14H10BrN3OS. The van der Waals surface area contributed by atoms with Crippen molar-refractivity contribution in [3.05, 3.63) is 59.0 Å². The molecule has 0 saturated heterocycles. The summed E-state index contributed by atoms with van der Waals surface area (Å²) in [6, 6.07) is 13.6. The van der Waals surface area contributed by atoms with Crippen LogP contribution in [0.4, 0.5) is 0 Å². The Morgan fingerprint density at radius 2 is 1.90 bits per heavy atom. The van der Waals surface area contributed by atoms with Gasteiger partial charge >= 0.3 is 0 Å². The van der Waals surface area contributed by atoms with Gasteiger partial charge in [-0.05, 0) is 40.2 Å². The first-order chi connectivity index (χ1) is 9.83. The van der Waals surface area contributed by atoms with Gasteiger partial charge in [0.15, 0.2) is 0 Å². The van der Waals surface area contributed by atoms with Gasteiger partial charge in [-0.25, -0.2) is 4.98 Å². The van der Waals surface area contributed by atoms with Gasteiger partial charge in [-0.15, -0.1) is 10.2 Å². The van der Waals surface area contributed by atoms with Crippen molar-refractivity contribution in [2.24, 2.45) is 0 Å². The summed E-state index contributed by atoms with van der Waals surface area (Å²) < 4.78 is 6.61. The van der Waals surface area contributed by atoms with E-state index < -0.39 is 0 Å². The molecule has 6 heteroatoms. The minimum absolute atomic E-state index is 0.522. The van der Waals surface area contributed by atoms with Crippen LogP contribution in [0, 0.1) is 0 Å². The van der Waals surface area contributed by atoms with E-state index in [1.807, 2.05) is 42.5 Å². The monoisotopic (exact) mass is 347 g/mol. The second-order valence-electron chi connectivity index (χ2n) is 3.94. The van der Waals surface area contributed by atoms with Gasteiger partial charge in [0.05, 0.1) is 16.3 Å². The molecule has 0 fully saturated rings. The summed E-state index contributed by atoms with van der Waals surface area (Å²) in [6.07, 6.45) is 1.77. The molecule has 0 saturated carbocycles. The molecule has 3 aromatic rings. The third kappa shape index (κ3) is 3.08. The van der Waals surface area contributed by atoms with Crippen molar-refractivity contribution >= 4 is 27.7 Å². The average molecular weight is 348 g/mol. The molecule has 20 heavy (non-hydrogen) atoms. The molecule has 0 bridgehead atoms. The Bertz CT molecular complexity index is 702. The highest BCUT2D eigenvalue weighted by Crippen LogP contribution is 2.28. The van der Waals surface area contributed by atoms with Crippen LogP contribution in [0.1, 0.15) is 5.89 Å². The van der Waals surface area contributed by atoms with Gasteiger partial charge in [0.2, 0.25) is 11.8 Å². The van der Waals surface area contributed by atoms with Crippen molar-refractivity contribution in [2.75, 3.05) is 0 Å². The number of nitrogens with zero attached hydrogens (tertiary/aromatic N) is 3. The maximum absolute atomic E-state index is 5.67. The summed E-state index contributed by atoms with van der Waals surface area (Å²) in [5.74, 6) is 1.72. The van der Waals surface area contributed by atoms with Crippen molar-refractivity contribution in [1.29, 1.82) is 0 Å². The van der Waals surface area contributed by atoms with E-state index in [2.05, 4.69) is 31.1 Å². The zero-order chi connectivity index (χ0) is 13.8. The quantitative estimate of drug-likeness (QED) is 0.662. The van der Waals surface area contributed by atoms with E-state index in [-0.39, 0.29) is 0 Å². The number of aromatic nitrogens is 3. The third-order valence-electron chi connectivity index (χ3n) is 2.55. The molecule has 0 spiro atoms. The summed E-state index contributed by atoms with van der Waals surface area (Å²) in [7, 11) is 0. The fraction of sp³-hybridized carbons (Fsp3) is 0.0714. The Morgan fingerprint density at radius 1 is 1.05 bits per heavy atom. The summed E-state index contributed by atoms with van der Waals surface area (Å²) in [4.78, 5) is 4.24. The van der Waals surface area contributed by atoms with Crippen LogP contribution in [0.15, 0.2) is 62.6 Å². The minimum Gasteiger partial charge on any atom is -0.420 e. The first-order valence-corrected chi connectivity index (χ1v) is 7.72. The van der Waals surface area contributed by atoms with E-state index in [1.165, 1.54) is 0 Å². The fourth-order valence-electron chi connectivity index (χ4n) is 1.62. The molecule has 0 radical (unpaired) electrons. The first kappa shape index (κ1) is 13.3. The topological polar surface area (TPSA) is 51.8 Å². The Kier molecular flexibility index (Phi) is 4.13. The molecule has 0 aliphatic heterocycles. The van der Waals surface area contributed by atoms with Crippen LogP contribution in [0.2, 0.25) is 0 Å². The average Bonchev–Trinajstić information content (AvgIpc) is 2.95. The van der Waals surface area contributed by atoms with Crippen LogP contribution in [0.3, 0.4) is 0 Å². The first-order valence-electron chi connectivity index (χ1n) is 5.94. The van der Waals surface area contributed by atoms with Gasteiger partial charge in [0, 0.05) is 10.7 Å². The summed E-state index contributed by atoms with van der Waals surface area (Å²) >= 11 is 5.04. The molecule has 0 atom stereocenters. The zero-order valence-electron chi connectivity index (χ0n) is 10.4. The van der Waals surface area contributed by atoms with Gasteiger partial charge in [0.25, 0.3) is 0 Å². The maximum atomic E-state index is 5.67. The number of hydrogen-bond donors (Lipinski definition) is 0. The number of thioether (sulfide) groups is 1. The lowest BCUT2D eigenvalue weighted by molar-refractivity contribution is 0.528. The molecule has 1 aromatic carbocycles. The zero-order valence-corrected chi connectivity index (χ0v) is 12.8. The standard InChI is InChI=1S/C14H10BrN3OS/c15-11-6-2-1-5-10(11)14-18-17-12(19-14)9-20-13-7-3-4-8-16-13/h1-8H,9H2. The van der Waals surface area contributed by atoms with Crippen LogP contribution in [-0.4, -0.2) is 15.2 Å². The summed E-state index contributed by atoms with van der Waals surface area (Å²) in [5.41, 5.74) is 0.897. The van der Waals surface area contributed by atoms with Crippen molar-refractivity contribution in [1.82, 2.24) is 15.2 Å². The van der Waals surface area contributed by atoms with Crippen molar-refractivity contribution < 1.29 is 4.42 Å². The van der Waals surface area contributed by atoms with Gasteiger partial charge in [0.1, 0.15) is 0 Å². The lowest BCUT2D eigenvalue weighted by Crippen LogP contribution is -1.82. The molecule has 100 valence electrons. The fourth-order valence-corrected chi connectivity index (χ4v) is 2.78. The molecule has 0 unspecified atom stereocenters. The second-order valence-corrected chi connectivity index (χ2v) is 5.79. The van der Waals surface area contributed by atoms with E-state index in [1.54, 1.807) is 18.0 Å². The lowest BCUT2D eigenvalue weighted by Gasteiger charge is -1.98. The molecule has 0 amide bonds. The number of benzene rings is 1. The molecule has 3 rings (SSSR count). The van der Waals surface area contributed by atoms with Crippen molar-refractivity contribution in [3.63, 3.8) is 0 Å². The number of hydrogen-bond acceptors (Lipinski definition) is 5. The predicted octanol–water partition coefficient (Wildman–Crippen LogP) is 4.19. The Morgan fingerprint density at radius 3 is 2.70 bits per heavy atom. The molecule has 0 aliphatic rings. The third-order valence-corrected chi connectivity index (χ3v) is 4.17. The molecule has 4 nitrogen and oxygen atoms in total. The van der Waals surface area contributed by atoms with Crippen LogP contribution in [0.5, 0.6) is 0 Å². The Labute approximate surface area is 128 Å². The van der Waals surface area contributed by atoms with Crippen LogP contribution in [-0.2, 0) is 5.75 Å². The molecule has 0 N–H and O–H groups in total. The maximum Gasteiger partial charge on any atom is 0.248 e. The van der Waals surface area contributed by atoms with E-state index in [0.717, 1.165) is 15.1 Å². The van der Waals surface area contributed by atoms with E-state index in [4.69, 9.17) is 4.42 Å². The molecule has 0 aliphatic carbocycles. The lowest BCUT2D eigenvalue weighted by atomic mass is 10.2. The molecule has 2 aromatic heterocycles. The minimum atomic E-state index is 0.522. The van der Waals surface area contributed by atoms with E-state index in [0.29, 0.717) is 17.5 Å². The smallest absolute Gasteiger partial charge is 0.248 e. The van der Waals surface area contributed by atoms with Gasteiger partial charge in [-0.3, -0.25) is 0 Å². The van der Waals surface area contributed by atoms with Crippen molar-refractivity contribution in [2.45, 2.75) is 10.8 Å². The van der Waals surface area contributed by atoms with Gasteiger partial charge < -0.3 is 4.42 Å². The van der Waals surface area contributed by atoms with E-state index in [9.17, 15) is 0 Å². The largest absolute Gasteiger partial charge is 0.420 e. The number of rotatable bonds is 4. The van der Waals surface area contributed by atoms with Gasteiger partial charge in [-0.1, -0.05) is 30.0 Å². The van der Waals surface area contributed by atoms with Crippen LogP contribution < -0.4 is 0 Å².